The average molecular weight is 448 g/mol. The molecule has 0 spiro atoms. The molecule has 6 nitrogen and oxygen atoms in total. The van der Waals surface area contributed by atoms with E-state index in [1.807, 2.05) is 60.0 Å². The highest BCUT2D eigenvalue weighted by molar-refractivity contribution is 7.20. The van der Waals surface area contributed by atoms with Crippen LogP contribution in [0.3, 0.4) is 0 Å². The summed E-state index contributed by atoms with van der Waals surface area (Å²) in [6, 6.07) is 16.0. The van der Waals surface area contributed by atoms with Gasteiger partial charge in [-0.3, -0.25) is 9.48 Å². The smallest absolute Gasteiger partial charge is 0.264 e. The van der Waals surface area contributed by atoms with Crippen molar-refractivity contribution in [3.63, 3.8) is 0 Å². The number of hydrogen-bond donors (Lipinski definition) is 0. The summed E-state index contributed by atoms with van der Waals surface area (Å²) < 4.78 is 13.0. The lowest BCUT2D eigenvalue weighted by atomic mass is 9.87. The first kappa shape index (κ1) is 20.6. The van der Waals surface area contributed by atoms with Crippen LogP contribution in [0, 0.1) is 6.92 Å². The number of rotatable bonds is 4. The van der Waals surface area contributed by atoms with E-state index in [-0.39, 0.29) is 11.9 Å². The van der Waals surface area contributed by atoms with E-state index in [4.69, 9.17) is 9.47 Å². The second kappa shape index (κ2) is 7.98. The van der Waals surface area contributed by atoms with Crippen LogP contribution in [-0.4, -0.2) is 41.4 Å². The van der Waals surface area contributed by atoms with Crippen LogP contribution in [0.25, 0.3) is 10.2 Å². The summed E-state index contributed by atoms with van der Waals surface area (Å²) in [5.41, 5.74) is 4.27. The topological polar surface area (TPSA) is 56.6 Å². The summed E-state index contributed by atoms with van der Waals surface area (Å²) in [5, 5.41) is 5.51. The van der Waals surface area contributed by atoms with Gasteiger partial charge in [-0.2, -0.15) is 5.10 Å². The molecule has 2 aromatic heterocycles. The van der Waals surface area contributed by atoms with Gasteiger partial charge in [-0.1, -0.05) is 30.3 Å². The van der Waals surface area contributed by atoms with E-state index >= 15 is 0 Å². The minimum absolute atomic E-state index is 0.0416. The second-order valence-corrected chi connectivity index (χ2v) is 9.04. The van der Waals surface area contributed by atoms with Crippen LogP contribution in [0.15, 0.2) is 48.5 Å². The van der Waals surface area contributed by atoms with E-state index in [9.17, 15) is 4.79 Å². The molecule has 1 atom stereocenters. The molecular weight excluding hydrogens is 422 g/mol. The largest absolute Gasteiger partial charge is 0.493 e. The van der Waals surface area contributed by atoms with E-state index < -0.39 is 0 Å². The molecule has 7 heteroatoms. The molecule has 1 unspecified atom stereocenters. The molecule has 0 radical (unpaired) electrons. The molecule has 0 aliphatic carbocycles. The fourth-order valence-corrected chi connectivity index (χ4v) is 5.69. The van der Waals surface area contributed by atoms with Gasteiger partial charge in [0.05, 0.1) is 30.8 Å². The molecule has 3 heterocycles. The van der Waals surface area contributed by atoms with Crippen molar-refractivity contribution in [2.45, 2.75) is 19.4 Å². The van der Waals surface area contributed by atoms with Crippen molar-refractivity contribution in [3.05, 3.63) is 75.8 Å². The maximum absolute atomic E-state index is 13.8. The number of benzene rings is 2. The number of aryl methyl sites for hydroxylation is 2. The molecule has 5 rings (SSSR count). The number of hydrogen-bond acceptors (Lipinski definition) is 5. The zero-order valence-corrected chi connectivity index (χ0v) is 19.4. The molecular formula is C25H25N3O3S. The van der Waals surface area contributed by atoms with Crippen LogP contribution in [0.2, 0.25) is 0 Å². The lowest BCUT2D eigenvalue weighted by Crippen LogP contribution is -2.40. The van der Waals surface area contributed by atoms with Crippen molar-refractivity contribution in [2.24, 2.45) is 7.05 Å². The van der Waals surface area contributed by atoms with Crippen LogP contribution < -0.4 is 9.47 Å². The van der Waals surface area contributed by atoms with Gasteiger partial charge in [0.25, 0.3) is 5.91 Å². The summed E-state index contributed by atoms with van der Waals surface area (Å²) in [5.74, 6) is 1.43. The average Bonchev–Trinajstić information content (AvgIpc) is 3.38. The Bertz CT molecular complexity index is 1270. The third-order valence-electron chi connectivity index (χ3n) is 6.16. The molecule has 0 N–H and O–H groups in total. The highest BCUT2D eigenvalue weighted by Crippen LogP contribution is 2.42. The Hall–Kier alpha value is -3.32. The Labute approximate surface area is 191 Å². The number of ether oxygens (including phenoxy) is 2. The van der Waals surface area contributed by atoms with Gasteiger partial charge in [-0.25, -0.2) is 0 Å². The van der Waals surface area contributed by atoms with E-state index in [0.29, 0.717) is 18.0 Å². The molecule has 0 bridgehead atoms. The Morgan fingerprint density at radius 3 is 2.50 bits per heavy atom. The van der Waals surface area contributed by atoms with Crippen LogP contribution >= 0.6 is 11.3 Å². The monoisotopic (exact) mass is 447 g/mol. The fraction of sp³-hybridized carbons (Fsp3) is 0.280. The van der Waals surface area contributed by atoms with Crippen LogP contribution in [0.4, 0.5) is 0 Å². The number of methoxy groups -OCH3 is 2. The summed E-state index contributed by atoms with van der Waals surface area (Å²) in [6.45, 7) is 2.61. The molecule has 0 fully saturated rings. The SMILES string of the molecule is COc1cc2c(cc1OC)C(c1ccccc1)N(C(=O)c1cc3c(C)nn(C)c3s1)CC2. The Balaban J connectivity index is 1.63. The van der Waals surface area contributed by atoms with Gasteiger partial charge < -0.3 is 14.4 Å². The Morgan fingerprint density at radius 2 is 1.81 bits per heavy atom. The minimum Gasteiger partial charge on any atom is -0.493 e. The summed E-state index contributed by atoms with van der Waals surface area (Å²) in [7, 11) is 5.21. The van der Waals surface area contributed by atoms with Gasteiger partial charge in [0.15, 0.2) is 11.5 Å². The molecule has 4 aromatic rings. The fourth-order valence-electron chi connectivity index (χ4n) is 4.61. The molecule has 1 aliphatic rings. The van der Waals surface area contributed by atoms with E-state index in [2.05, 4.69) is 17.2 Å². The molecule has 32 heavy (non-hydrogen) atoms. The predicted molar refractivity (Wildman–Crippen MR) is 126 cm³/mol. The molecule has 1 aliphatic heterocycles. The van der Waals surface area contributed by atoms with Crippen molar-refractivity contribution in [1.29, 1.82) is 0 Å². The zero-order chi connectivity index (χ0) is 22.4. The first-order valence-corrected chi connectivity index (χ1v) is 11.4. The van der Waals surface area contributed by atoms with Gasteiger partial charge in [0.1, 0.15) is 4.83 Å². The van der Waals surface area contributed by atoms with Gasteiger partial charge in [-0.05, 0) is 48.2 Å². The van der Waals surface area contributed by atoms with Crippen LogP contribution in [-0.2, 0) is 13.5 Å². The minimum atomic E-state index is -0.198. The molecule has 0 saturated carbocycles. The number of carbonyl (C=O) groups is 1. The maximum atomic E-state index is 13.8. The number of nitrogens with zero attached hydrogens (tertiary/aromatic N) is 3. The lowest BCUT2D eigenvalue weighted by molar-refractivity contribution is 0.0699. The van der Waals surface area contributed by atoms with Crippen LogP contribution in [0.1, 0.15) is 38.1 Å². The van der Waals surface area contributed by atoms with Crippen LogP contribution in [0.5, 0.6) is 11.5 Å². The maximum Gasteiger partial charge on any atom is 0.264 e. The highest BCUT2D eigenvalue weighted by atomic mass is 32.1. The lowest BCUT2D eigenvalue weighted by Gasteiger charge is -2.38. The molecule has 0 saturated heterocycles. The van der Waals surface area contributed by atoms with Crippen molar-refractivity contribution < 1.29 is 14.3 Å². The number of thiophene rings is 1. The first-order valence-electron chi connectivity index (χ1n) is 10.6. The quantitative estimate of drug-likeness (QED) is 0.453. The number of aromatic nitrogens is 2. The van der Waals surface area contributed by atoms with Crippen molar-refractivity contribution in [2.75, 3.05) is 20.8 Å². The highest BCUT2D eigenvalue weighted by Gasteiger charge is 2.34. The van der Waals surface area contributed by atoms with Gasteiger partial charge in [0.2, 0.25) is 0 Å². The Morgan fingerprint density at radius 1 is 1.09 bits per heavy atom. The second-order valence-electron chi connectivity index (χ2n) is 8.01. The predicted octanol–water partition coefficient (Wildman–Crippen LogP) is 4.75. The normalized spacial score (nSPS) is 15.6. The van der Waals surface area contributed by atoms with E-state index in [1.165, 1.54) is 16.9 Å². The summed E-state index contributed by atoms with van der Waals surface area (Å²) in [6.07, 6.45) is 0.760. The van der Waals surface area contributed by atoms with E-state index in [1.54, 1.807) is 14.2 Å². The standard InChI is InChI=1S/C25H25N3O3S/c1-15-18-14-22(32-25(18)27(2)26-15)24(29)28-11-10-17-12-20(30-3)21(31-4)13-19(17)23(28)16-8-6-5-7-9-16/h5-9,12-14,23H,10-11H2,1-4H3. The third-order valence-corrected chi connectivity index (χ3v) is 7.35. The van der Waals surface area contributed by atoms with Gasteiger partial charge >= 0.3 is 0 Å². The number of amides is 1. The first-order chi connectivity index (χ1) is 15.5. The molecule has 2 aromatic carbocycles. The van der Waals surface area contributed by atoms with Crippen molar-refractivity contribution in [1.82, 2.24) is 14.7 Å². The summed E-state index contributed by atoms with van der Waals surface area (Å²) in [4.78, 5) is 17.6. The number of carbonyl (C=O) groups excluding carboxylic acids is 1. The van der Waals surface area contributed by atoms with Crippen molar-refractivity contribution >= 4 is 27.5 Å². The Kier molecular flexibility index (Phi) is 5.13. The third kappa shape index (κ3) is 3.24. The van der Waals surface area contributed by atoms with Crippen molar-refractivity contribution in [3.8, 4) is 11.5 Å². The van der Waals surface area contributed by atoms with E-state index in [0.717, 1.165) is 38.3 Å². The molecule has 164 valence electrons. The molecule has 1 amide bonds. The van der Waals surface area contributed by atoms with Gasteiger partial charge in [0, 0.05) is 19.0 Å². The van der Waals surface area contributed by atoms with Gasteiger partial charge in [-0.15, -0.1) is 11.3 Å². The number of fused-ring (bicyclic) bond motifs is 2. The zero-order valence-electron chi connectivity index (χ0n) is 18.6. The summed E-state index contributed by atoms with van der Waals surface area (Å²) >= 11 is 1.50.